The van der Waals surface area contributed by atoms with Crippen molar-refractivity contribution in [3.05, 3.63) is 28.3 Å². The highest BCUT2D eigenvalue weighted by atomic mass is 16.6. The zero-order chi connectivity index (χ0) is 14.5. The van der Waals surface area contributed by atoms with Gasteiger partial charge in [-0.05, 0) is 30.9 Å². The Hall–Kier alpha value is -1.78. The van der Waals surface area contributed by atoms with E-state index in [2.05, 4.69) is 24.1 Å². The van der Waals surface area contributed by atoms with Crippen molar-refractivity contribution in [3.8, 4) is 0 Å². The maximum absolute atomic E-state index is 11.5. The molecule has 0 aliphatic carbocycles. The van der Waals surface area contributed by atoms with Crippen LogP contribution >= 0.6 is 0 Å². The first-order valence-electron chi connectivity index (χ1n) is 7.43. The zero-order valence-electron chi connectivity index (χ0n) is 12.3. The van der Waals surface area contributed by atoms with Gasteiger partial charge in [-0.25, -0.2) is 0 Å². The lowest BCUT2D eigenvalue weighted by Crippen LogP contribution is -2.21. The monoisotopic (exact) mass is 277 g/mol. The minimum atomic E-state index is -0.257. The predicted octanol–water partition coefficient (Wildman–Crippen LogP) is 3.65. The summed E-state index contributed by atoms with van der Waals surface area (Å²) in [6.45, 7) is 6.82. The summed E-state index contributed by atoms with van der Waals surface area (Å²) in [6.07, 6.45) is 3.21. The van der Waals surface area contributed by atoms with Gasteiger partial charge in [-0.1, -0.05) is 26.3 Å². The lowest BCUT2D eigenvalue weighted by molar-refractivity contribution is -0.383. The molecular formula is C15H23N3O2. The standard InChI is InChI=1S/C15H23N3O2/c1-3-9-16-13-6-5-7-14(15(13)18(19)20)17-10-8-12(4-2)11-17/h5-7,12,16H,3-4,8-11H2,1-2H3. The molecule has 110 valence electrons. The van der Waals surface area contributed by atoms with Crippen molar-refractivity contribution >= 4 is 17.1 Å². The van der Waals surface area contributed by atoms with Gasteiger partial charge in [-0.3, -0.25) is 10.1 Å². The Balaban J connectivity index is 2.30. The zero-order valence-corrected chi connectivity index (χ0v) is 12.3. The minimum Gasteiger partial charge on any atom is -0.379 e. The van der Waals surface area contributed by atoms with E-state index in [0.29, 0.717) is 11.6 Å². The second kappa shape index (κ2) is 6.59. The Bertz CT molecular complexity index is 476. The van der Waals surface area contributed by atoms with Crippen molar-refractivity contribution in [2.24, 2.45) is 5.92 Å². The van der Waals surface area contributed by atoms with Gasteiger partial charge in [0.05, 0.1) is 4.92 Å². The van der Waals surface area contributed by atoms with Gasteiger partial charge in [0.25, 0.3) is 0 Å². The van der Waals surface area contributed by atoms with Crippen molar-refractivity contribution < 1.29 is 4.92 Å². The summed E-state index contributed by atoms with van der Waals surface area (Å²) in [5, 5.41) is 14.6. The van der Waals surface area contributed by atoms with E-state index in [0.717, 1.165) is 44.6 Å². The highest BCUT2D eigenvalue weighted by molar-refractivity contribution is 5.77. The molecule has 1 atom stereocenters. The molecule has 1 aliphatic heterocycles. The second-order valence-corrected chi connectivity index (χ2v) is 5.37. The molecule has 1 aliphatic rings. The first-order chi connectivity index (χ1) is 9.67. The van der Waals surface area contributed by atoms with Crippen LogP contribution < -0.4 is 10.2 Å². The highest BCUT2D eigenvalue weighted by Crippen LogP contribution is 2.38. The number of hydrogen-bond acceptors (Lipinski definition) is 4. The largest absolute Gasteiger partial charge is 0.379 e. The van der Waals surface area contributed by atoms with Crippen LogP contribution in [0.2, 0.25) is 0 Å². The van der Waals surface area contributed by atoms with Gasteiger partial charge in [0, 0.05) is 19.6 Å². The number of nitrogens with zero attached hydrogens (tertiary/aromatic N) is 2. The summed E-state index contributed by atoms with van der Waals surface area (Å²) in [4.78, 5) is 13.4. The van der Waals surface area contributed by atoms with Gasteiger partial charge in [0.15, 0.2) is 0 Å². The predicted molar refractivity (Wildman–Crippen MR) is 82.5 cm³/mol. The Kier molecular flexibility index (Phi) is 4.82. The van der Waals surface area contributed by atoms with Crippen LogP contribution in [-0.4, -0.2) is 24.6 Å². The highest BCUT2D eigenvalue weighted by Gasteiger charge is 2.28. The van der Waals surface area contributed by atoms with Crippen LogP contribution in [-0.2, 0) is 0 Å². The van der Waals surface area contributed by atoms with E-state index in [1.54, 1.807) is 6.07 Å². The molecule has 1 unspecified atom stereocenters. The van der Waals surface area contributed by atoms with Crippen LogP contribution in [0.4, 0.5) is 17.1 Å². The fraction of sp³-hybridized carbons (Fsp3) is 0.600. The summed E-state index contributed by atoms with van der Waals surface area (Å²) in [5.74, 6) is 0.655. The number of para-hydroxylation sites is 1. The van der Waals surface area contributed by atoms with E-state index in [4.69, 9.17) is 0 Å². The average Bonchev–Trinajstić information content (AvgIpc) is 2.93. The fourth-order valence-corrected chi connectivity index (χ4v) is 2.77. The summed E-state index contributed by atoms with van der Waals surface area (Å²) in [6, 6.07) is 5.57. The molecule has 0 amide bonds. The third kappa shape index (κ3) is 3.03. The molecule has 0 bridgehead atoms. The molecule has 0 spiro atoms. The first-order valence-corrected chi connectivity index (χ1v) is 7.43. The van der Waals surface area contributed by atoms with Crippen LogP contribution in [0.5, 0.6) is 0 Å². The molecule has 0 aromatic heterocycles. The van der Waals surface area contributed by atoms with E-state index < -0.39 is 0 Å². The molecule has 1 saturated heterocycles. The van der Waals surface area contributed by atoms with E-state index in [1.807, 2.05) is 12.1 Å². The number of anilines is 2. The number of rotatable bonds is 6. The van der Waals surface area contributed by atoms with E-state index in [9.17, 15) is 10.1 Å². The molecule has 0 saturated carbocycles. The molecule has 1 N–H and O–H groups in total. The van der Waals surface area contributed by atoms with Crippen molar-refractivity contribution in [1.82, 2.24) is 0 Å². The summed E-state index contributed by atoms with van der Waals surface area (Å²) < 4.78 is 0. The lowest BCUT2D eigenvalue weighted by atomic mass is 10.1. The molecule has 20 heavy (non-hydrogen) atoms. The minimum absolute atomic E-state index is 0.220. The lowest BCUT2D eigenvalue weighted by Gasteiger charge is -2.20. The smallest absolute Gasteiger partial charge is 0.315 e. The second-order valence-electron chi connectivity index (χ2n) is 5.37. The first kappa shape index (κ1) is 14.6. The topological polar surface area (TPSA) is 58.4 Å². The maximum Gasteiger partial charge on any atom is 0.315 e. The quantitative estimate of drug-likeness (QED) is 0.637. The number of benzene rings is 1. The van der Waals surface area contributed by atoms with Crippen molar-refractivity contribution in [3.63, 3.8) is 0 Å². The van der Waals surface area contributed by atoms with E-state index >= 15 is 0 Å². The molecule has 5 heteroatoms. The molecule has 1 fully saturated rings. The SMILES string of the molecule is CCCNc1cccc(N2CCC(CC)C2)c1[N+](=O)[O-]. The Morgan fingerprint density at radius 2 is 2.25 bits per heavy atom. The van der Waals surface area contributed by atoms with E-state index in [-0.39, 0.29) is 10.6 Å². The average molecular weight is 277 g/mol. The molecule has 0 radical (unpaired) electrons. The van der Waals surface area contributed by atoms with Crippen LogP contribution in [0.15, 0.2) is 18.2 Å². The molecule has 1 heterocycles. The molecule has 2 rings (SSSR count). The number of hydrogen-bond donors (Lipinski definition) is 1. The number of nitrogens with one attached hydrogen (secondary N) is 1. The fourth-order valence-electron chi connectivity index (χ4n) is 2.77. The Morgan fingerprint density at radius 3 is 2.85 bits per heavy atom. The van der Waals surface area contributed by atoms with Gasteiger partial charge in [0.2, 0.25) is 0 Å². The summed E-state index contributed by atoms with van der Waals surface area (Å²) >= 11 is 0. The van der Waals surface area contributed by atoms with Gasteiger partial charge in [-0.2, -0.15) is 0 Å². The number of nitro benzene ring substituents is 1. The van der Waals surface area contributed by atoms with E-state index in [1.165, 1.54) is 0 Å². The van der Waals surface area contributed by atoms with Crippen molar-refractivity contribution in [1.29, 1.82) is 0 Å². The van der Waals surface area contributed by atoms with Crippen LogP contribution in [0.25, 0.3) is 0 Å². The van der Waals surface area contributed by atoms with Gasteiger partial charge < -0.3 is 10.2 Å². The Morgan fingerprint density at radius 1 is 1.45 bits per heavy atom. The van der Waals surface area contributed by atoms with Crippen molar-refractivity contribution in [2.75, 3.05) is 29.9 Å². The normalized spacial score (nSPS) is 18.3. The third-order valence-electron chi connectivity index (χ3n) is 3.97. The van der Waals surface area contributed by atoms with Gasteiger partial charge >= 0.3 is 5.69 Å². The van der Waals surface area contributed by atoms with Crippen molar-refractivity contribution in [2.45, 2.75) is 33.1 Å². The third-order valence-corrected chi connectivity index (χ3v) is 3.97. The molecule has 1 aromatic carbocycles. The summed E-state index contributed by atoms with van der Waals surface area (Å²) in [5.41, 5.74) is 1.61. The molecular weight excluding hydrogens is 254 g/mol. The van der Waals surface area contributed by atoms with Gasteiger partial charge in [0.1, 0.15) is 11.4 Å². The Labute approximate surface area is 120 Å². The molecule has 5 nitrogen and oxygen atoms in total. The molecule has 1 aromatic rings. The maximum atomic E-state index is 11.5. The number of nitro groups is 1. The van der Waals surface area contributed by atoms with Gasteiger partial charge in [-0.15, -0.1) is 0 Å². The van der Waals surface area contributed by atoms with Crippen LogP contribution in [0.1, 0.15) is 33.1 Å². The summed E-state index contributed by atoms with van der Waals surface area (Å²) in [7, 11) is 0. The van der Waals surface area contributed by atoms with Crippen LogP contribution in [0, 0.1) is 16.0 Å². The van der Waals surface area contributed by atoms with Crippen LogP contribution in [0.3, 0.4) is 0 Å².